The average molecular weight is 771 g/mol. The smallest absolute Gasteiger partial charge is 0.462 e. The molecule has 2 fully saturated rings. The summed E-state index contributed by atoms with van der Waals surface area (Å²) in [5.74, 6) is -0.254. The number of imidazole rings is 1. The predicted octanol–water partition coefficient (Wildman–Crippen LogP) is -0.0708. The molecule has 6 rings (SSSR count). The van der Waals surface area contributed by atoms with Gasteiger partial charge >= 0.3 is 27.4 Å². The van der Waals surface area contributed by atoms with Gasteiger partial charge in [-0.05, 0) is 12.1 Å². The third-order valence-corrected chi connectivity index (χ3v) is 10.2. The summed E-state index contributed by atoms with van der Waals surface area (Å²) >= 11 is 0. The maximum Gasteiger partial charge on any atom is 0.481 e. The topological polar surface area (TPSA) is 311 Å². The fraction of sp³-hybridized carbons (Fsp3) is 0.440. The van der Waals surface area contributed by atoms with Crippen LogP contribution in [0.3, 0.4) is 0 Å². The number of aromatic nitrogens is 4. The molecule has 2 aliphatic rings. The lowest BCUT2D eigenvalue weighted by Gasteiger charge is -2.20. The molecule has 0 spiro atoms. The van der Waals surface area contributed by atoms with Crippen LogP contribution >= 0.6 is 15.6 Å². The van der Waals surface area contributed by atoms with Gasteiger partial charge in [-0.2, -0.15) is 17.5 Å². The molecule has 2 saturated heterocycles. The van der Waals surface area contributed by atoms with Gasteiger partial charge in [0.1, 0.15) is 59.8 Å². The number of rotatable bonds is 11. The first kappa shape index (κ1) is 37.2. The van der Waals surface area contributed by atoms with Crippen molar-refractivity contribution in [2.45, 2.75) is 55.3 Å². The Morgan fingerprint density at radius 1 is 0.902 bits per heavy atom. The molecule has 10 unspecified atom stereocenters. The van der Waals surface area contributed by atoms with Gasteiger partial charge in [0.2, 0.25) is 6.29 Å². The van der Waals surface area contributed by atoms with Crippen molar-refractivity contribution in [2.24, 2.45) is 0 Å². The summed E-state index contributed by atoms with van der Waals surface area (Å²) in [6.07, 6.45) is -15.8. The van der Waals surface area contributed by atoms with E-state index in [-0.39, 0.29) is 28.8 Å². The molecule has 4 aromatic rings. The van der Waals surface area contributed by atoms with Crippen LogP contribution in [0.25, 0.3) is 22.1 Å². The number of hydrogen-bond donors (Lipinski definition) is 7. The molecule has 8 N–H and O–H groups in total. The second-order valence-electron chi connectivity index (χ2n) is 11.0. The van der Waals surface area contributed by atoms with Gasteiger partial charge in [-0.15, -0.1) is 0 Å². The number of halogens is 3. The van der Waals surface area contributed by atoms with Crippen LogP contribution < -0.4 is 16.1 Å². The molecule has 2 aliphatic heterocycles. The predicted molar refractivity (Wildman–Crippen MR) is 157 cm³/mol. The number of phosphoric acid groups is 2. The van der Waals surface area contributed by atoms with Crippen LogP contribution in [0.15, 0.2) is 46.1 Å². The number of anilines is 1. The Kier molecular flexibility index (Phi) is 10.0. The fourth-order valence-corrected chi connectivity index (χ4v) is 7.29. The Morgan fingerprint density at radius 2 is 1.55 bits per heavy atom. The first-order valence-corrected chi connectivity index (χ1v) is 17.3. The Balaban J connectivity index is 1.03. The minimum atomic E-state index is -5.50. The molecule has 1 aromatic carbocycles. The number of ether oxygens (including phenoxy) is 3. The zero-order valence-electron chi connectivity index (χ0n) is 25.2. The zero-order chi connectivity index (χ0) is 37.0. The third kappa shape index (κ3) is 7.78. The highest BCUT2D eigenvalue weighted by molar-refractivity contribution is 7.61. The maximum absolute atomic E-state index is 13.3. The van der Waals surface area contributed by atoms with Crippen LogP contribution in [0, 0.1) is 0 Å². The van der Waals surface area contributed by atoms with E-state index in [1.165, 1.54) is 10.9 Å². The van der Waals surface area contributed by atoms with E-state index in [4.69, 9.17) is 24.4 Å². The molecule has 0 aliphatic carbocycles. The molecular weight excluding hydrogens is 745 g/mol. The van der Waals surface area contributed by atoms with E-state index < -0.39 is 106 Å². The summed E-state index contributed by atoms with van der Waals surface area (Å²) in [6, 6.07) is 3.12. The Labute approximate surface area is 280 Å². The second-order valence-corrected chi connectivity index (χ2v) is 14.1. The van der Waals surface area contributed by atoms with Gasteiger partial charge < -0.3 is 54.6 Å². The minimum absolute atomic E-state index is 0.0194. The third-order valence-electron chi connectivity index (χ3n) is 7.60. The highest BCUT2D eigenvalue weighted by Gasteiger charge is 2.48. The Hall–Kier alpha value is -3.61. The van der Waals surface area contributed by atoms with Crippen molar-refractivity contribution in [3.63, 3.8) is 0 Å². The van der Waals surface area contributed by atoms with Crippen molar-refractivity contribution >= 4 is 43.6 Å². The van der Waals surface area contributed by atoms with E-state index in [0.717, 1.165) is 24.5 Å². The van der Waals surface area contributed by atoms with Gasteiger partial charge in [-0.3, -0.25) is 13.6 Å². The summed E-state index contributed by atoms with van der Waals surface area (Å²) < 4.78 is 101. The van der Waals surface area contributed by atoms with Crippen molar-refractivity contribution in [3.05, 3.63) is 52.9 Å². The number of phosphoric ester groups is 2. The zero-order valence-corrected chi connectivity index (χ0v) is 26.9. The molecule has 0 bridgehead atoms. The number of nitrogens with zero attached hydrogens (tertiary/aromatic N) is 4. The van der Waals surface area contributed by atoms with E-state index in [2.05, 4.69) is 28.3 Å². The first-order chi connectivity index (χ1) is 23.8. The molecule has 0 saturated carbocycles. The summed E-state index contributed by atoms with van der Waals surface area (Å²) in [5, 5.41) is 41.2. The number of fused-ring (bicyclic) bond motifs is 2. The SMILES string of the molecule is Nc1ncnc2c1ncn2C1OC(COP(=O)(O)OP(=O)(O)OCC2OC(Oc3ccc4c(C(F)(F)F)cc(=O)oc4c3)C(O)C2O)C(O)C1O. The van der Waals surface area contributed by atoms with Crippen LogP contribution in [0.2, 0.25) is 0 Å². The molecule has 10 atom stereocenters. The molecule has 21 nitrogen and oxygen atoms in total. The minimum Gasteiger partial charge on any atom is -0.462 e. The van der Waals surface area contributed by atoms with Gasteiger partial charge in [0.25, 0.3) is 0 Å². The fourth-order valence-electron chi connectivity index (χ4n) is 5.20. The Morgan fingerprint density at radius 3 is 2.22 bits per heavy atom. The molecular formula is C25H26F3N5O16P2. The van der Waals surface area contributed by atoms with Crippen molar-refractivity contribution in [2.75, 3.05) is 18.9 Å². The van der Waals surface area contributed by atoms with Gasteiger partial charge in [0.05, 0.1) is 25.1 Å². The summed E-state index contributed by atoms with van der Waals surface area (Å²) in [6.45, 7) is -2.02. The number of nitrogens with two attached hydrogens (primary N) is 1. The van der Waals surface area contributed by atoms with Gasteiger partial charge in [-0.25, -0.2) is 28.9 Å². The van der Waals surface area contributed by atoms with E-state index in [1.807, 2.05) is 0 Å². The Bertz CT molecular complexity index is 2090. The average Bonchev–Trinajstić information content (AvgIpc) is 3.68. The van der Waals surface area contributed by atoms with Gasteiger partial charge in [-0.1, -0.05) is 0 Å². The molecule has 0 amide bonds. The lowest BCUT2D eigenvalue weighted by Crippen LogP contribution is -2.35. The number of aliphatic hydroxyl groups excluding tert-OH is 4. The molecule has 51 heavy (non-hydrogen) atoms. The van der Waals surface area contributed by atoms with Crippen molar-refractivity contribution in [1.82, 2.24) is 19.5 Å². The molecule has 5 heterocycles. The number of alkyl halides is 3. The quantitative estimate of drug-likeness (QED) is 0.0775. The monoisotopic (exact) mass is 771 g/mol. The number of hydrogen-bond acceptors (Lipinski definition) is 18. The lowest BCUT2D eigenvalue weighted by molar-refractivity contribution is -0.136. The van der Waals surface area contributed by atoms with Crippen molar-refractivity contribution in [1.29, 1.82) is 0 Å². The highest BCUT2D eigenvalue weighted by atomic mass is 31.3. The van der Waals surface area contributed by atoms with Crippen LogP contribution in [0.4, 0.5) is 19.0 Å². The number of nitrogen functional groups attached to an aromatic ring is 1. The standard InChI is InChI=1S/C25H26F3N5O16P2/c26-25(27,28)11-4-15(34)46-12-3-9(1-2-10(11)12)45-24-20(38)18(36)14(48-24)6-44-51(41,42)49-50(39,40)43-5-13-17(35)19(37)23(47-13)33-8-32-16-21(29)30-7-31-22(16)33/h1-4,7-8,13-14,17-20,23-24,35-38H,5-6H2,(H,39,40)(H,41,42)(H2,29,30,31). The molecule has 278 valence electrons. The highest BCUT2D eigenvalue weighted by Crippen LogP contribution is 2.60. The van der Waals surface area contributed by atoms with Crippen LogP contribution in [0.5, 0.6) is 5.75 Å². The van der Waals surface area contributed by atoms with Crippen molar-refractivity contribution < 1.29 is 84.5 Å². The van der Waals surface area contributed by atoms with Crippen molar-refractivity contribution in [3.8, 4) is 5.75 Å². The largest absolute Gasteiger partial charge is 0.481 e. The maximum atomic E-state index is 13.3. The number of aliphatic hydroxyl groups is 4. The summed E-state index contributed by atoms with van der Waals surface area (Å²) in [5.41, 5.74) is 2.94. The molecule has 26 heteroatoms. The van der Waals surface area contributed by atoms with E-state index >= 15 is 0 Å². The van der Waals surface area contributed by atoms with E-state index in [9.17, 15) is 57.3 Å². The van der Waals surface area contributed by atoms with Gasteiger partial charge in [0.15, 0.2) is 17.7 Å². The van der Waals surface area contributed by atoms with Gasteiger partial charge in [0, 0.05) is 17.5 Å². The normalized spacial score (nSPS) is 29.4. The second kappa shape index (κ2) is 13.7. The van der Waals surface area contributed by atoms with E-state index in [1.54, 1.807) is 0 Å². The van der Waals surface area contributed by atoms with Crippen LogP contribution in [-0.2, 0) is 38.1 Å². The summed E-state index contributed by atoms with van der Waals surface area (Å²) in [7, 11) is -11.0. The molecule has 0 radical (unpaired) electrons. The summed E-state index contributed by atoms with van der Waals surface area (Å²) in [4.78, 5) is 43.5. The lowest BCUT2D eigenvalue weighted by atomic mass is 10.1. The van der Waals surface area contributed by atoms with Crippen LogP contribution in [0.1, 0.15) is 11.8 Å². The molecule has 3 aromatic heterocycles. The van der Waals surface area contributed by atoms with Crippen LogP contribution in [-0.4, -0.2) is 106 Å². The first-order valence-electron chi connectivity index (χ1n) is 14.3. The van der Waals surface area contributed by atoms with E-state index in [0.29, 0.717) is 0 Å². The number of benzene rings is 1.